The van der Waals surface area contributed by atoms with Crippen molar-refractivity contribution in [2.45, 2.75) is 25.8 Å². The fourth-order valence-electron chi connectivity index (χ4n) is 4.23. The molecule has 6 nitrogen and oxygen atoms in total. The Morgan fingerprint density at radius 3 is 2.80 bits per heavy atom. The minimum absolute atomic E-state index is 0.108. The molecule has 25 heavy (non-hydrogen) atoms. The predicted molar refractivity (Wildman–Crippen MR) is 95.2 cm³/mol. The molecular weight excluding hydrogens is 318 g/mol. The summed E-state index contributed by atoms with van der Waals surface area (Å²) < 4.78 is 0. The monoisotopic (exact) mass is 345 g/mol. The van der Waals surface area contributed by atoms with Crippen LogP contribution >= 0.6 is 0 Å². The molecule has 3 rings (SSSR count). The lowest BCUT2D eigenvalue weighted by atomic mass is 9.81. The lowest BCUT2D eigenvalue weighted by Gasteiger charge is -2.23. The zero-order valence-corrected chi connectivity index (χ0v) is 14.8. The summed E-state index contributed by atoms with van der Waals surface area (Å²) >= 11 is 0. The molecule has 1 aromatic carbocycles. The number of carbonyl (C=O) groups is 2. The van der Waals surface area contributed by atoms with Gasteiger partial charge in [-0.05, 0) is 31.4 Å². The maximum Gasteiger partial charge on any atom is 0.317 e. The first-order chi connectivity index (χ1) is 12.0. The summed E-state index contributed by atoms with van der Waals surface area (Å²) in [6.45, 7) is 3.06. The summed E-state index contributed by atoms with van der Waals surface area (Å²) in [5.41, 5.74) is 0.536. The third kappa shape index (κ3) is 3.79. The third-order valence-electron chi connectivity index (χ3n) is 5.65. The van der Waals surface area contributed by atoms with Gasteiger partial charge in [-0.15, -0.1) is 0 Å². The number of hydrogen-bond acceptors (Lipinski definition) is 3. The van der Waals surface area contributed by atoms with Crippen LogP contribution in [0, 0.1) is 11.3 Å². The summed E-state index contributed by atoms with van der Waals surface area (Å²) in [5, 5.41) is 12.5. The molecule has 0 aromatic heterocycles. The van der Waals surface area contributed by atoms with Gasteiger partial charge in [-0.3, -0.25) is 4.79 Å². The van der Waals surface area contributed by atoms with Gasteiger partial charge in [0.15, 0.2) is 0 Å². The SMILES string of the molecule is CN(CCNC(=O)N1C[C@@H]2CCC[C@@]2(C(=O)O)C1)Cc1ccccc1. The zero-order valence-electron chi connectivity index (χ0n) is 14.8. The Kier molecular flexibility index (Phi) is 5.27. The Bertz CT molecular complexity index is 622. The van der Waals surface area contributed by atoms with Crippen LogP contribution in [0.15, 0.2) is 30.3 Å². The van der Waals surface area contributed by atoms with Crippen LogP contribution in [0.3, 0.4) is 0 Å². The summed E-state index contributed by atoms with van der Waals surface area (Å²) in [4.78, 5) is 27.9. The number of urea groups is 1. The third-order valence-corrected chi connectivity index (χ3v) is 5.65. The molecule has 2 N–H and O–H groups in total. The van der Waals surface area contributed by atoms with Crippen molar-refractivity contribution in [3.63, 3.8) is 0 Å². The average molecular weight is 345 g/mol. The number of carboxylic acid groups (broad SMARTS) is 1. The molecule has 0 radical (unpaired) electrons. The molecule has 2 atom stereocenters. The van der Waals surface area contributed by atoms with Crippen molar-refractivity contribution in [1.29, 1.82) is 0 Å². The molecule has 0 spiro atoms. The van der Waals surface area contributed by atoms with E-state index in [0.717, 1.165) is 25.9 Å². The molecule has 1 heterocycles. The smallest absolute Gasteiger partial charge is 0.317 e. The van der Waals surface area contributed by atoms with E-state index in [4.69, 9.17) is 0 Å². The highest BCUT2D eigenvalue weighted by Gasteiger charge is 2.55. The van der Waals surface area contributed by atoms with Gasteiger partial charge in [0.25, 0.3) is 0 Å². The van der Waals surface area contributed by atoms with Crippen LogP contribution in [-0.4, -0.2) is 60.1 Å². The number of carboxylic acids is 1. The minimum atomic E-state index is -0.743. The first kappa shape index (κ1) is 17.7. The standard InChI is InChI=1S/C19H27N3O3/c1-21(12-15-6-3-2-4-7-15)11-10-20-18(25)22-13-16-8-5-9-19(16,14-22)17(23)24/h2-4,6-7,16H,5,8-14H2,1H3,(H,20,25)(H,23,24)/t16-,19+/m0/s1. The highest BCUT2D eigenvalue weighted by atomic mass is 16.4. The van der Waals surface area contributed by atoms with E-state index in [9.17, 15) is 14.7 Å². The van der Waals surface area contributed by atoms with Crippen LogP contribution in [-0.2, 0) is 11.3 Å². The Balaban J connectivity index is 1.43. The lowest BCUT2D eigenvalue weighted by molar-refractivity contribution is -0.149. The first-order valence-electron chi connectivity index (χ1n) is 9.00. The Morgan fingerprint density at radius 2 is 2.12 bits per heavy atom. The van der Waals surface area contributed by atoms with Gasteiger partial charge in [0.1, 0.15) is 0 Å². The molecule has 136 valence electrons. The first-order valence-corrected chi connectivity index (χ1v) is 9.00. The maximum absolute atomic E-state index is 12.4. The number of fused-ring (bicyclic) bond motifs is 1. The fourth-order valence-corrected chi connectivity index (χ4v) is 4.23. The van der Waals surface area contributed by atoms with Crippen molar-refractivity contribution in [1.82, 2.24) is 15.1 Å². The average Bonchev–Trinajstić information content (AvgIpc) is 3.14. The van der Waals surface area contributed by atoms with E-state index in [0.29, 0.717) is 26.1 Å². The van der Waals surface area contributed by atoms with Crippen LogP contribution in [0.4, 0.5) is 4.79 Å². The molecule has 0 bridgehead atoms. The number of amides is 2. The predicted octanol–water partition coefficient (Wildman–Crippen LogP) is 2.01. The van der Waals surface area contributed by atoms with Crippen molar-refractivity contribution >= 4 is 12.0 Å². The topological polar surface area (TPSA) is 72.9 Å². The summed E-state index contributed by atoms with van der Waals surface area (Å²) in [6, 6.07) is 10.1. The number of nitrogens with zero attached hydrogens (tertiary/aromatic N) is 2. The molecule has 1 saturated carbocycles. The Hall–Kier alpha value is -2.08. The molecule has 1 aliphatic heterocycles. The molecule has 1 aliphatic carbocycles. The van der Waals surface area contributed by atoms with Gasteiger partial charge in [0, 0.05) is 32.7 Å². The van der Waals surface area contributed by atoms with Gasteiger partial charge in [-0.1, -0.05) is 36.8 Å². The van der Waals surface area contributed by atoms with Crippen molar-refractivity contribution in [3.05, 3.63) is 35.9 Å². The van der Waals surface area contributed by atoms with Crippen LogP contribution in [0.2, 0.25) is 0 Å². The van der Waals surface area contributed by atoms with Crippen LogP contribution < -0.4 is 5.32 Å². The van der Waals surface area contributed by atoms with Gasteiger partial charge in [-0.2, -0.15) is 0 Å². The Labute approximate surface area is 148 Å². The number of carbonyl (C=O) groups excluding carboxylic acids is 1. The number of likely N-dealkylation sites (N-methyl/N-ethyl adjacent to an activating group) is 1. The quantitative estimate of drug-likeness (QED) is 0.827. The number of likely N-dealkylation sites (tertiary alicyclic amines) is 1. The van der Waals surface area contributed by atoms with Gasteiger partial charge < -0.3 is 20.2 Å². The zero-order chi connectivity index (χ0) is 17.9. The van der Waals surface area contributed by atoms with Crippen LogP contribution in [0.25, 0.3) is 0 Å². The highest BCUT2D eigenvalue weighted by molar-refractivity contribution is 5.80. The molecule has 1 aromatic rings. The second-order valence-electron chi connectivity index (χ2n) is 7.39. The molecular formula is C19H27N3O3. The molecule has 2 fully saturated rings. The normalized spacial score (nSPS) is 25.2. The van der Waals surface area contributed by atoms with E-state index in [1.165, 1.54) is 5.56 Å². The number of aliphatic carboxylic acids is 1. The lowest BCUT2D eigenvalue weighted by Crippen LogP contribution is -2.43. The van der Waals surface area contributed by atoms with Crippen molar-refractivity contribution in [2.24, 2.45) is 11.3 Å². The van der Waals surface area contributed by atoms with Crippen LogP contribution in [0.5, 0.6) is 0 Å². The van der Waals surface area contributed by atoms with Crippen molar-refractivity contribution in [3.8, 4) is 0 Å². The Morgan fingerprint density at radius 1 is 1.36 bits per heavy atom. The van der Waals surface area contributed by atoms with E-state index in [2.05, 4.69) is 22.3 Å². The van der Waals surface area contributed by atoms with Crippen LogP contribution in [0.1, 0.15) is 24.8 Å². The van der Waals surface area contributed by atoms with E-state index in [1.807, 2.05) is 25.2 Å². The maximum atomic E-state index is 12.4. The van der Waals surface area contributed by atoms with Gasteiger partial charge in [-0.25, -0.2) is 4.79 Å². The van der Waals surface area contributed by atoms with Crippen molar-refractivity contribution in [2.75, 3.05) is 33.2 Å². The number of rotatable bonds is 6. The molecule has 1 saturated heterocycles. The number of benzene rings is 1. The van der Waals surface area contributed by atoms with E-state index >= 15 is 0 Å². The summed E-state index contributed by atoms with van der Waals surface area (Å²) in [6.07, 6.45) is 2.56. The van der Waals surface area contributed by atoms with E-state index < -0.39 is 11.4 Å². The van der Waals surface area contributed by atoms with E-state index in [1.54, 1.807) is 4.90 Å². The van der Waals surface area contributed by atoms with Gasteiger partial charge in [0.05, 0.1) is 5.41 Å². The molecule has 0 unspecified atom stereocenters. The largest absolute Gasteiger partial charge is 0.481 e. The van der Waals surface area contributed by atoms with E-state index in [-0.39, 0.29) is 11.9 Å². The number of hydrogen-bond donors (Lipinski definition) is 2. The van der Waals surface area contributed by atoms with Gasteiger partial charge >= 0.3 is 12.0 Å². The number of nitrogens with one attached hydrogen (secondary N) is 1. The molecule has 6 heteroatoms. The van der Waals surface area contributed by atoms with Crippen molar-refractivity contribution < 1.29 is 14.7 Å². The minimum Gasteiger partial charge on any atom is -0.481 e. The summed E-state index contributed by atoms with van der Waals surface area (Å²) in [5.74, 6) is -0.635. The fraction of sp³-hybridized carbons (Fsp3) is 0.579. The summed E-state index contributed by atoms with van der Waals surface area (Å²) in [7, 11) is 2.03. The molecule has 2 aliphatic rings. The van der Waals surface area contributed by atoms with Gasteiger partial charge in [0.2, 0.25) is 0 Å². The second-order valence-corrected chi connectivity index (χ2v) is 7.39. The molecule has 2 amide bonds. The second kappa shape index (κ2) is 7.44. The highest BCUT2D eigenvalue weighted by Crippen LogP contribution is 2.48.